The molecular weight excluding hydrogens is 218 g/mol. The molecule has 0 spiro atoms. The summed E-state index contributed by atoms with van der Waals surface area (Å²) in [4.78, 5) is 4.31. The molecule has 2 N–H and O–H groups in total. The number of methoxy groups -OCH3 is 1. The first kappa shape index (κ1) is 14.2. The highest BCUT2D eigenvalue weighted by Gasteiger charge is 2.01. The summed E-state index contributed by atoms with van der Waals surface area (Å²) in [7, 11) is 1.68. The van der Waals surface area contributed by atoms with Crippen molar-refractivity contribution in [2.75, 3.05) is 26.9 Å². The monoisotopic (exact) mass is 241 g/mol. The van der Waals surface area contributed by atoms with Crippen molar-refractivity contribution in [2.45, 2.75) is 32.4 Å². The summed E-state index contributed by atoms with van der Waals surface area (Å²) in [5.74, 6) is 0. The predicted molar refractivity (Wildman–Crippen MR) is 66.9 cm³/mol. The standard InChI is InChI=1S/C12H23N3O2/c1-11(13)8-12-9-15(10-14-12)4-3-5-17-7-6-16-2/h9-11H,3-8,13H2,1-2H3. The zero-order chi connectivity index (χ0) is 12.5. The topological polar surface area (TPSA) is 62.3 Å². The van der Waals surface area contributed by atoms with Gasteiger partial charge in [0.15, 0.2) is 0 Å². The summed E-state index contributed by atoms with van der Waals surface area (Å²) in [6.07, 6.45) is 5.72. The Kier molecular flexibility index (Phi) is 6.84. The lowest BCUT2D eigenvalue weighted by molar-refractivity contribution is 0.0680. The number of rotatable bonds is 9. The Bertz CT molecular complexity index is 300. The van der Waals surface area contributed by atoms with Crippen LogP contribution in [0.15, 0.2) is 12.5 Å². The van der Waals surface area contributed by atoms with E-state index in [2.05, 4.69) is 15.7 Å². The molecule has 0 aliphatic heterocycles. The highest BCUT2D eigenvalue weighted by molar-refractivity contribution is 4.98. The molecule has 0 aliphatic carbocycles. The van der Waals surface area contributed by atoms with Crippen LogP contribution in [0.3, 0.4) is 0 Å². The van der Waals surface area contributed by atoms with E-state index >= 15 is 0 Å². The van der Waals surface area contributed by atoms with Crippen LogP contribution in [0.4, 0.5) is 0 Å². The fourth-order valence-electron chi connectivity index (χ4n) is 1.56. The maximum atomic E-state index is 5.72. The van der Waals surface area contributed by atoms with E-state index in [0.717, 1.165) is 31.7 Å². The Labute approximate surface area is 103 Å². The van der Waals surface area contributed by atoms with Crippen LogP contribution in [0.2, 0.25) is 0 Å². The van der Waals surface area contributed by atoms with E-state index in [0.29, 0.717) is 13.2 Å². The Balaban J connectivity index is 2.12. The summed E-state index contributed by atoms with van der Waals surface area (Å²) in [6.45, 7) is 4.99. The van der Waals surface area contributed by atoms with E-state index in [1.54, 1.807) is 7.11 Å². The first-order valence-corrected chi connectivity index (χ1v) is 6.05. The average molecular weight is 241 g/mol. The highest BCUT2D eigenvalue weighted by Crippen LogP contribution is 2.00. The fourth-order valence-corrected chi connectivity index (χ4v) is 1.56. The summed E-state index contributed by atoms with van der Waals surface area (Å²) >= 11 is 0. The van der Waals surface area contributed by atoms with Gasteiger partial charge in [0.1, 0.15) is 0 Å². The van der Waals surface area contributed by atoms with Gasteiger partial charge in [-0.3, -0.25) is 0 Å². The highest BCUT2D eigenvalue weighted by atomic mass is 16.5. The molecule has 1 aromatic rings. The summed E-state index contributed by atoms with van der Waals surface area (Å²) < 4.78 is 12.4. The quantitative estimate of drug-likeness (QED) is 0.650. The number of imidazole rings is 1. The molecule has 0 aliphatic rings. The first-order valence-electron chi connectivity index (χ1n) is 6.05. The van der Waals surface area contributed by atoms with Gasteiger partial charge >= 0.3 is 0 Å². The first-order chi connectivity index (χ1) is 8.22. The van der Waals surface area contributed by atoms with Gasteiger partial charge in [0, 0.05) is 38.9 Å². The van der Waals surface area contributed by atoms with Gasteiger partial charge < -0.3 is 19.8 Å². The Morgan fingerprint density at radius 2 is 2.24 bits per heavy atom. The van der Waals surface area contributed by atoms with Crippen molar-refractivity contribution in [3.05, 3.63) is 18.2 Å². The van der Waals surface area contributed by atoms with Gasteiger partial charge in [0.25, 0.3) is 0 Å². The molecule has 0 aromatic carbocycles. The number of ether oxygens (including phenoxy) is 2. The van der Waals surface area contributed by atoms with Gasteiger partial charge in [-0.1, -0.05) is 0 Å². The molecule has 1 heterocycles. The van der Waals surface area contributed by atoms with Crippen LogP contribution in [-0.2, 0) is 22.4 Å². The van der Waals surface area contributed by atoms with Crippen LogP contribution in [0.5, 0.6) is 0 Å². The van der Waals surface area contributed by atoms with E-state index in [9.17, 15) is 0 Å². The minimum absolute atomic E-state index is 0.163. The number of hydrogen-bond acceptors (Lipinski definition) is 4. The van der Waals surface area contributed by atoms with E-state index in [-0.39, 0.29) is 6.04 Å². The Hall–Kier alpha value is -0.910. The van der Waals surface area contributed by atoms with Crippen molar-refractivity contribution >= 4 is 0 Å². The van der Waals surface area contributed by atoms with Crippen LogP contribution in [0.1, 0.15) is 19.0 Å². The smallest absolute Gasteiger partial charge is 0.0949 e. The minimum Gasteiger partial charge on any atom is -0.382 e. The lowest BCUT2D eigenvalue weighted by Crippen LogP contribution is -2.17. The Morgan fingerprint density at radius 3 is 2.94 bits per heavy atom. The van der Waals surface area contributed by atoms with Crippen molar-refractivity contribution in [2.24, 2.45) is 5.73 Å². The van der Waals surface area contributed by atoms with Crippen LogP contribution < -0.4 is 5.73 Å². The second-order valence-electron chi connectivity index (χ2n) is 4.24. The molecule has 0 saturated carbocycles. The molecule has 1 aromatic heterocycles. The van der Waals surface area contributed by atoms with Crippen molar-refractivity contribution in [1.29, 1.82) is 0 Å². The molecule has 0 fully saturated rings. The molecule has 5 heteroatoms. The summed E-state index contributed by atoms with van der Waals surface area (Å²) in [5.41, 5.74) is 6.78. The van der Waals surface area contributed by atoms with Crippen LogP contribution in [0.25, 0.3) is 0 Å². The van der Waals surface area contributed by atoms with Gasteiger partial charge in [-0.2, -0.15) is 0 Å². The van der Waals surface area contributed by atoms with E-state index in [4.69, 9.17) is 15.2 Å². The second kappa shape index (κ2) is 8.22. The van der Waals surface area contributed by atoms with Gasteiger partial charge in [0.2, 0.25) is 0 Å². The molecule has 1 unspecified atom stereocenters. The molecule has 0 amide bonds. The number of hydrogen-bond donors (Lipinski definition) is 1. The molecule has 5 nitrogen and oxygen atoms in total. The van der Waals surface area contributed by atoms with E-state index in [1.165, 1.54) is 0 Å². The van der Waals surface area contributed by atoms with Gasteiger partial charge in [-0.15, -0.1) is 0 Å². The van der Waals surface area contributed by atoms with Crippen LogP contribution in [-0.4, -0.2) is 42.5 Å². The zero-order valence-electron chi connectivity index (χ0n) is 10.8. The normalized spacial score (nSPS) is 12.9. The minimum atomic E-state index is 0.163. The molecule has 0 bridgehead atoms. The van der Waals surface area contributed by atoms with Crippen molar-refractivity contribution in [1.82, 2.24) is 9.55 Å². The van der Waals surface area contributed by atoms with Gasteiger partial charge in [-0.25, -0.2) is 4.98 Å². The molecule has 0 saturated heterocycles. The molecular formula is C12H23N3O2. The van der Waals surface area contributed by atoms with Gasteiger partial charge in [0.05, 0.1) is 25.2 Å². The SMILES string of the molecule is COCCOCCCn1cnc(CC(C)N)c1. The fraction of sp³-hybridized carbons (Fsp3) is 0.750. The lowest BCUT2D eigenvalue weighted by atomic mass is 10.2. The van der Waals surface area contributed by atoms with Crippen LogP contribution in [0, 0.1) is 0 Å². The summed E-state index contributed by atoms with van der Waals surface area (Å²) in [5, 5.41) is 0. The third-order valence-corrected chi connectivity index (χ3v) is 2.35. The maximum absolute atomic E-state index is 5.72. The lowest BCUT2D eigenvalue weighted by Gasteiger charge is -2.04. The number of aromatic nitrogens is 2. The molecule has 98 valence electrons. The zero-order valence-corrected chi connectivity index (χ0v) is 10.8. The third kappa shape index (κ3) is 6.41. The largest absolute Gasteiger partial charge is 0.382 e. The van der Waals surface area contributed by atoms with Crippen LogP contribution >= 0.6 is 0 Å². The third-order valence-electron chi connectivity index (χ3n) is 2.35. The van der Waals surface area contributed by atoms with E-state index < -0.39 is 0 Å². The summed E-state index contributed by atoms with van der Waals surface area (Å²) in [6, 6.07) is 0.163. The van der Waals surface area contributed by atoms with E-state index in [1.807, 2.05) is 13.3 Å². The Morgan fingerprint density at radius 1 is 1.41 bits per heavy atom. The second-order valence-corrected chi connectivity index (χ2v) is 4.24. The number of nitrogens with two attached hydrogens (primary N) is 1. The molecule has 1 rings (SSSR count). The molecule has 0 radical (unpaired) electrons. The van der Waals surface area contributed by atoms with Crippen molar-refractivity contribution < 1.29 is 9.47 Å². The number of nitrogens with zero attached hydrogens (tertiary/aromatic N) is 2. The maximum Gasteiger partial charge on any atom is 0.0949 e. The predicted octanol–water partition coefficient (Wildman–Crippen LogP) is 0.826. The molecule has 17 heavy (non-hydrogen) atoms. The van der Waals surface area contributed by atoms with Gasteiger partial charge in [-0.05, 0) is 13.3 Å². The van der Waals surface area contributed by atoms with Crippen molar-refractivity contribution in [3.8, 4) is 0 Å². The number of aryl methyl sites for hydroxylation is 1. The average Bonchev–Trinajstić information content (AvgIpc) is 2.70. The molecule has 1 atom stereocenters. The van der Waals surface area contributed by atoms with Crippen molar-refractivity contribution in [3.63, 3.8) is 0 Å².